The van der Waals surface area contributed by atoms with Gasteiger partial charge in [0.15, 0.2) is 5.82 Å². The van der Waals surface area contributed by atoms with Crippen LogP contribution < -0.4 is 5.73 Å². The van der Waals surface area contributed by atoms with Gasteiger partial charge in [0, 0.05) is 25.0 Å². The Kier molecular flexibility index (Phi) is 3.73. The summed E-state index contributed by atoms with van der Waals surface area (Å²) in [5, 5.41) is 4.07. The van der Waals surface area contributed by atoms with Crippen molar-refractivity contribution in [1.82, 2.24) is 15.0 Å². The summed E-state index contributed by atoms with van der Waals surface area (Å²) in [5.41, 5.74) is 6.03. The first kappa shape index (κ1) is 13.5. The highest BCUT2D eigenvalue weighted by Crippen LogP contribution is 2.29. The number of likely N-dealkylation sites (tertiary alicyclic amines) is 1. The lowest BCUT2D eigenvalue weighted by Crippen LogP contribution is -2.50. The Labute approximate surface area is 109 Å². The molecule has 1 fully saturated rings. The molecule has 2 rings (SSSR count). The molecule has 2 heterocycles. The molecule has 18 heavy (non-hydrogen) atoms. The van der Waals surface area contributed by atoms with Gasteiger partial charge in [-0.25, -0.2) is 0 Å². The van der Waals surface area contributed by atoms with Crippen LogP contribution in [0.3, 0.4) is 0 Å². The molecular formula is C13H24N4O. The molecule has 0 amide bonds. The Bertz CT molecular complexity index is 391. The van der Waals surface area contributed by atoms with Gasteiger partial charge in [0.25, 0.3) is 0 Å². The second-order valence-corrected chi connectivity index (χ2v) is 5.90. The molecule has 1 aromatic rings. The van der Waals surface area contributed by atoms with Gasteiger partial charge in [-0.05, 0) is 26.7 Å². The molecule has 1 aromatic heterocycles. The van der Waals surface area contributed by atoms with Crippen molar-refractivity contribution in [3.05, 3.63) is 11.7 Å². The summed E-state index contributed by atoms with van der Waals surface area (Å²) in [6.45, 7) is 10.5. The second kappa shape index (κ2) is 4.97. The summed E-state index contributed by atoms with van der Waals surface area (Å²) in [5.74, 6) is 1.61. The molecule has 0 saturated carbocycles. The normalized spacial score (nSPS) is 20.8. The van der Waals surface area contributed by atoms with E-state index in [1.54, 1.807) is 0 Å². The van der Waals surface area contributed by atoms with Crippen LogP contribution in [0.15, 0.2) is 4.52 Å². The lowest BCUT2D eigenvalue weighted by molar-refractivity contribution is 0.125. The van der Waals surface area contributed by atoms with E-state index in [1.165, 1.54) is 0 Å². The Balaban J connectivity index is 2.08. The average molecular weight is 252 g/mol. The fraction of sp³-hybridized carbons (Fsp3) is 0.846. The number of piperidine rings is 1. The van der Waals surface area contributed by atoms with E-state index in [4.69, 9.17) is 10.3 Å². The first-order valence-electron chi connectivity index (χ1n) is 6.79. The molecule has 0 atom stereocenters. The molecule has 102 valence electrons. The number of hydrogen-bond acceptors (Lipinski definition) is 5. The number of rotatable bonds is 3. The molecule has 5 nitrogen and oxygen atoms in total. The van der Waals surface area contributed by atoms with Crippen LogP contribution in [-0.2, 0) is 5.54 Å². The molecule has 0 aliphatic carbocycles. The molecule has 0 bridgehead atoms. The monoisotopic (exact) mass is 252 g/mol. The third-order valence-electron chi connectivity index (χ3n) is 3.80. The summed E-state index contributed by atoms with van der Waals surface area (Å²) < 4.78 is 5.26. The molecule has 1 aliphatic rings. The van der Waals surface area contributed by atoms with E-state index < -0.39 is 5.54 Å². The molecule has 0 spiro atoms. The summed E-state index contributed by atoms with van der Waals surface area (Å²) in [4.78, 5) is 6.89. The van der Waals surface area contributed by atoms with Gasteiger partial charge in [-0.1, -0.05) is 19.0 Å². The van der Waals surface area contributed by atoms with Gasteiger partial charge >= 0.3 is 0 Å². The van der Waals surface area contributed by atoms with Gasteiger partial charge < -0.3 is 15.2 Å². The fourth-order valence-electron chi connectivity index (χ4n) is 2.33. The third-order valence-corrected chi connectivity index (χ3v) is 3.80. The van der Waals surface area contributed by atoms with Crippen molar-refractivity contribution in [3.63, 3.8) is 0 Å². The average Bonchev–Trinajstić information content (AvgIpc) is 2.79. The van der Waals surface area contributed by atoms with E-state index in [0.29, 0.717) is 17.8 Å². The van der Waals surface area contributed by atoms with Crippen molar-refractivity contribution in [2.24, 2.45) is 5.73 Å². The minimum atomic E-state index is -0.415. The maximum absolute atomic E-state index is 6.44. The van der Waals surface area contributed by atoms with E-state index in [9.17, 15) is 0 Å². The number of nitrogens with two attached hydrogens (primary N) is 1. The van der Waals surface area contributed by atoms with Crippen LogP contribution in [0.25, 0.3) is 0 Å². The maximum Gasteiger partial charge on any atom is 0.229 e. The van der Waals surface area contributed by atoms with Crippen LogP contribution >= 0.6 is 0 Å². The van der Waals surface area contributed by atoms with Crippen LogP contribution in [-0.4, -0.2) is 34.2 Å². The Morgan fingerprint density at radius 3 is 2.28 bits per heavy atom. The lowest BCUT2D eigenvalue weighted by atomic mass is 9.87. The van der Waals surface area contributed by atoms with Gasteiger partial charge in [0.1, 0.15) is 0 Å². The molecule has 0 unspecified atom stereocenters. The minimum Gasteiger partial charge on any atom is -0.339 e. The quantitative estimate of drug-likeness (QED) is 0.889. The Morgan fingerprint density at radius 1 is 1.22 bits per heavy atom. The molecule has 1 saturated heterocycles. The van der Waals surface area contributed by atoms with Crippen molar-refractivity contribution < 1.29 is 4.52 Å². The largest absolute Gasteiger partial charge is 0.339 e. The third kappa shape index (κ3) is 2.57. The molecule has 1 aliphatic heterocycles. The van der Waals surface area contributed by atoms with Crippen LogP contribution in [0.5, 0.6) is 0 Å². The van der Waals surface area contributed by atoms with Gasteiger partial charge in [-0.15, -0.1) is 0 Å². The van der Waals surface area contributed by atoms with Crippen molar-refractivity contribution in [3.8, 4) is 0 Å². The smallest absolute Gasteiger partial charge is 0.229 e. The first-order chi connectivity index (χ1) is 8.42. The van der Waals surface area contributed by atoms with Crippen LogP contribution in [0.2, 0.25) is 0 Å². The van der Waals surface area contributed by atoms with Gasteiger partial charge in [0.05, 0.1) is 5.54 Å². The van der Waals surface area contributed by atoms with Crippen molar-refractivity contribution in [2.45, 2.75) is 58.0 Å². The SMILES string of the molecule is CC(C)c1nc(C2(N)CCN(C(C)C)CC2)no1. The molecule has 2 N–H and O–H groups in total. The molecule has 5 heteroatoms. The first-order valence-corrected chi connectivity index (χ1v) is 6.79. The Morgan fingerprint density at radius 2 is 1.83 bits per heavy atom. The van der Waals surface area contributed by atoms with Crippen molar-refractivity contribution >= 4 is 0 Å². The zero-order valence-corrected chi connectivity index (χ0v) is 11.8. The van der Waals surface area contributed by atoms with E-state index >= 15 is 0 Å². The highest BCUT2D eigenvalue weighted by Gasteiger charge is 2.37. The standard InChI is InChI=1S/C13H24N4O/c1-9(2)11-15-12(16-18-11)13(14)5-7-17(8-6-13)10(3)4/h9-10H,5-8,14H2,1-4H3. The van der Waals surface area contributed by atoms with E-state index in [-0.39, 0.29) is 5.92 Å². The lowest BCUT2D eigenvalue weighted by Gasteiger charge is -2.39. The maximum atomic E-state index is 6.44. The van der Waals surface area contributed by atoms with Crippen LogP contribution in [0, 0.1) is 0 Å². The van der Waals surface area contributed by atoms with Gasteiger partial charge in [-0.2, -0.15) is 4.98 Å². The second-order valence-electron chi connectivity index (χ2n) is 5.90. The van der Waals surface area contributed by atoms with Crippen LogP contribution in [0.1, 0.15) is 58.2 Å². The highest BCUT2D eigenvalue weighted by molar-refractivity contribution is 5.07. The predicted molar refractivity (Wildman–Crippen MR) is 70.2 cm³/mol. The topological polar surface area (TPSA) is 68.2 Å². The summed E-state index contributed by atoms with van der Waals surface area (Å²) >= 11 is 0. The number of aromatic nitrogens is 2. The van der Waals surface area contributed by atoms with Crippen molar-refractivity contribution in [1.29, 1.82) is 0 Å². The highest BCUT2D eigenvalue weighted by atomic mass is 16.5. The molecule has 0 radical (unpaired) electrons. The van der Waals surface area contributed by atoms with Gasteiger partial charge in [0.2, 0.25) is 5.89 Å². The Hall–Kier alpha value is -0.940. The van der Waals surface area contributed by atoms with Crippen LogP contribution in [0.4, 0.5) is 0 Å². The number of nitrogens with zero attached hydrogens (tertiary/aromatic N) is 3. The summed E-state index contributed by atoms with van der Waals surface area (Å²) in [6, 6.07) is 0.575. The zero-order valence-electron chi connectivity index (χ0n) is 11.8. The molecule has 0 aromatic carbocycles. The van der Waals surface area contributed by atoms with E-state index in [0.717, 1.165) is 25.9 Å². The van der Waals surface area contributed by atoms with E-state index in [1.807, 2.05) is 13.8 Å². The summed E-state index contributed by atoms with van der Waals surface area (Å²) in [6.07, 6.45) is 1.78. The van der Waals surface area contributed by atoms with Crippen molar-refractivity contribution in [2.75, 3.05) is 13.1 Å². The molecular weight excluding hydrogens is 228 g/mol. The zero-order chi connectivity index (χ0) is 13.3. The van der Waals surface area contributed by atoms with E-state index in [2.05, 4.69) is 28.9 Å². The summed E-state index contributed by atoms with van der Waals surface area (Å²) in [7, 11) is 0. The van der Waals surface area contributed by atoms with Gasteiger partial charge in [-0.3, -0.25) is 0 Å². The minimum absolute atomic E-state index is 0.255. The predicted octanol–water partition coefficient (Wildman–Crippen LogP) is 1.85. The fourth-order valence-corrected chi connectivity index (χ4v) is 2.33. The number of hydrogen-bond donors (Lipinski definition) is 1.